The molecule has 2 heterocycles. The Hall–Kier alpha value is -0.610. The van der Waals surface area contributed by atoms with Crippen LogP contribution in [0, 0.1) is 5.92 Å². The van der Waals surface area contributed by atoms with Gasteiger partial charge in [-0.3, -0.25) is 15.0 Å². The first-order valence-electron chi connectivity index (χ1n) is 7.85. The molecule has 0 aliphatic carbocycles. The van der Waals surface area contributed by atoms with Crippen LogP contribution in [-0.2, 0) is 4.79 Å². The van der Waals surface area contributed by atoms with Crippen LogP contribution >= 0.6 is 0 Å². The second-order valence-corrected chi connectivity index (χ2v) is 6.29. The summed E-state index contributed by atoms with van der Waals surface area (Å²) in [5.41, 5.74) is 0. The molecule has 2 saturated heterocycles. The molecule has 0 spiro atoms. The molecule has 0 radical (unpaired) electrons. The van der Waals surface area contributed by atoms with E-state index < -0.39 is 0 Å². The van der Waals surface area contributed by atoms with E-state index >= 15 is 0 Å². The van der Waals surface area contributed by atoms with E-state index in [0.717, 1.165) is 13.0 Å². The molecular weight excluding hydrogens is 238 g/mol. The third-order valence-electron chi connectivity index (χ3n) is 4.88. The third kappa shape index (κ3) is 3.11. The first-order chi connectivity index (χ1) is 9.04. The number of likely N-dealkylation sites (tertiary alicyclic amines) is 1. The molecule has 2 rings (SSSR count). The van der Waals surface area contributed by atoms with Gasteiger partial charge in [0.25, 0.3) is 0 Å². The quantitative estimate of drug-likeness (QED) is 0.823. The number of amides is 1. The van der Waals surface area contributed by atoms with E-state index in [2.05, 4.69) is 37.9 Å². The second kappa shape index (κ2) is 6.23. The molecule has 4 unspecified atom stereocenters. The molecule has 0 bridgehead atoms. The highest BCUT2D eigenvalue weighted by Crippen LogP contribution is 2.21. The molecule has 1 N–H and O–H groups in total. The molecule has 2 aliphatic rings. The van der Waals surface area contributed by atoms with Crippen LogP contribution in [-0.4, -0.2) is 53.6 Å². The lowest BCUT2D eigenvalue weighted by Gasteiger charge is -2.30. The van der Waals surface area contributed by atoms with Gasteiger partial charge in [-0.2, -0.15) is 0 Å². The van der Waals surface area contributed by atoms with E-state index in [-0.39, 0.29) is 12.2 Å². The van der Waals surface area contributed by atoms with E-state index in [1.165, 1.54) is 25.9 Å². The average molecular weight is 267 g/mol. The number of carbonyl (C=O) groups excluding carboxylic acids is 1. The lowest BCUT2D eigenvalue weighted by Crippen LogP contribution is -2.45. The number of hydrogen-bond donors (Lipinski definition) is 1. The minimum absolute atomic E-state index is 0.0192. The summed E-state index contributed by atoms with van der Waals surface area (Å²) >= 11 is 0. The molecule has 0 saturated carbocycles. The maximum absolute atomic E-state index is 12.5. The zero-order valence-corrected chi connectivity index (χ0v) is 12.9. The first-order valence-corrected chi connectivity index (χ1v) is 7.85. The molecule has 110 valence electrons. The SMILES string of the molecule is CCC(C)C1NC(C)N(CC(C)N2CCCC2)C1=O. The topological polar surface area (TPSA) is 35.6 Å². The van der Waals surface area contributed by atoms with Gasteiger partial charge in [0.15, 0.2) is 0 Å². The largest absolute Gasteiger partial charge is 0.325 e. The molecule has 1 amide bonds. The van der Waals surface area contributed by atoms with Crippen LogP contribution in [0.1, 0.15) is 47.0 Å². The molecule has 2 fully saturated rings. The molecule has 4 atom stereocenters. The third-order valence-corrected chi connectivity index (χ3v) is 4.88. The van der Waals surface area contributed by atoms with Gasteiger partial charge in [0.1, 0.15) is 0 Å². The number of nitrogens with zero attached hydrogens (tertiary/aromatic N) is 2. The highest BCUT2D eigenvalue weighted by molar-refractivity contribution is 5.84. The van der Waals surface area contributed by atoms with Gasteiger partial charge in [-0.15, -0.1) is 0 Å². The fourth-order valence-electron chi connectivity index (χ4n) is 3.26. The fourth-order valence-corrected chi connectivity index (χ4v) is 3.26. The van der Waals surface area contributed by atoms with Gasteiger partial charge in [0.2, 0.25) is 5.91 Å². The minimum atomic E-state index is 0.0192. The van der Waals surface area contributed by atoms with Crippen molar-refractivity contribution in [3.8, 4) is 0 Å². The fraction of sp³-hybridized carbons (Fsp3) is 0.933. The molecule has 19 heavy (non-hydrogen) atoms. The maximum atomic E-state index is 12.5. The predicted octanol–water partition coefficient (Wildman–Crippen LogP) is 1.66. The molecule has 0 aromatic carbocycles. The molecule has 2 aliphatic heterocycles. The Morgan fingerprint density at radius 2 is 1.95 bits per heavy atom. The van der Waals surface area contributed by atoms with Crippen LogP contribution in [0.5, 0.6) is 0 Å². The lowest BCUT2D eigenvalue weighted by molar-refractivity contribution is -0.131. The Morgan fingerprint density at radius 1 is 1.32 bits per heavy atom. The Bertz CT molecular complexity index is 315. The van der Waals surface area contributed by atoms with Crippen LogP contribution in [0.2, 0.25) is 0 Å². The minimum Gasteiger partial charge on any atom is -0.325 e. The van der Waals surface area contributed by atoms with E-state index in [1.54, 1.807) is 0 Å². The molecule has 0 aromatic heterocycles. The van der Waals surface area contributed by atoms with Crippen molar-refractivity contribution in [3.05, 3.63) is 0 Å². The monoisotopic (exact) mass is 267 g/mol. The Balaban J connectivity index is 1.94. The van der Waals surface area contributed by atoms with Crippen molar-refractivity contribution in [2.45, 2.75) is 65.2 Å². The average Bonchev–Trinajstić information content (AvgIpc) is 3.01. The van der Waals surface area contributed by atoms with E-state index in [0.29, 0.717) is 17.9 Å². The van der Waals surface area contributed by atoms with Gasteiger partial charge in [-0.05, 0) is 45.7 Å². The van der Waals surface area contributed by atoms with E-state index in [4.69, 9.17) is 0 Å². The summed E-state index contributed by atoms with van der Waals surface area (Å²) in [4.78, 5) is 17.1. The van der Waals surface area contributed by atoms with Crippen molar-refractivity contribution in [1.82, 2.24) is 15.1 Å². The summed E-state index contributed by atoms with van der Waals surface area (Å²) in [7, 11) is 0. The van der Waals surface area contributed by atoms with Gasteiger partial charge in [-0.25, -0.2) is 0 Å². The highest BCUT2D eigenvalue weighted by Gasteiger charge is 2.39. The van der Waals surface area contributed by atoms with E-state index in [9.17, 15) is 4.79 Å². The first kappa shape index (κ1) is 14.8. The summed E-state index contributed by atoms with van der Waals surface area (Å²) in [6.07, 6.45) is 3.84. The van der Waals surface area contributed by atoms with E-state index in [1.807, 2.05) is 4.90 Å². The summed E-state index contributed by atoms with van der Waals surface area (Å²) in [6.45, 7) is 11.9. The maximum Gasteiger partial charge on any atom is 0.241 e. The van der Waals surface area contributed by atoms with Gasteiger partial charge < -0.3 is 4.90 Å². The van der Waals surface area contributed by atoms with Crippen molar-refractivity contribution < 1.29 is 4.79 Å². The standard InChI is InChI=1S/C15H29N3O/c1-5-11(2)14-15(19)18(13(4)16-14)10-12(3)17-8-6-7-9-17/h11-14,16H,5-10H2,1-4H3. The van der Waals surface area contributed by atoms with Crippen molar-refractivity contribution in [2.24, 2.45) is 5.92 Å². The Kier molecular flexibility index (Phi) is 4.85. The highest BCUT2D eigenvalue weighted by atomic mass is 16.2. The van der Waals surface area contributed by atoms with Gasteiger partial charge in [0.05, 0.1) is 12.2 Å². The summed E-state index contributed by atoms with van der Waals surface area (Å²) in [6, 6.07) is 0.497. The number of hydrogen-bond acceptors (Lipinski definition) is 3. The van der Waals surface area contributed by atoms with Crippen LogP contribution in [0.15, 0.2) is 0 Å². The summed E-state index contributed by atoms with van der Waals surface area (Å²) < 4.78 is 0. The van der Waals surface area contributed by atoms with Crippen LogP contribution in [0.3, 0.4) is 0 Å². The Labute approximate surface area is 117 Å². The number of rotatable bonds is 5. The smallest absolute Gasteiger partial charge is 0.241 e. The number of carbonyl (C=O) groups is 1. The predicted molar refractivity (Wildman–Crippen MR) is 77.8 cm³/mol. The molecule has 4 heteroatoms. The van der Waals surface area contributed by atoms with Crippen molar-refractivity contribution in [2.75, 3.05) is 19.6 Å². The normalized spacial score (nSPS) is 32.0. The van der Waals surface area contributed by atoms with Gasteiger partial charge >= 0.3 is 0 Å². The molecule has 4 nitrogen and oxygen atoms in total. The van der Waals surface area contributed by atoms with Crippen molar-refractivity contribution in [1.29, 1.82) is 0 Å². The molecule has 0 aromatic rings. The van der Waals surface area contributed by atoms with Crippen LogP contribution in [0.4, 0.5) is 0 Å². The zero-order valence-electron chi connectivity index (χ0n) is 12.9. The van der Waals surface area contributed by atoms with Gasteiger partial charge in [-0.1, -0.05) is 20.3 Å². The van der Waals surface area contributed by atoms with Crippen LogP contribution < -0.4 is 5.32 Å². The van der Waals surface area contributed by atoms with Crippen molar-refractivity contribution >= 4 is 5.91 Å². The second-order valence-electron chi connectivity index (χ2n) is 6.29. The van der Waals surface area contributed by atoms with Crippen molar-refractivity contribution in [3.63, 3.8) is 0 Å². The lowest BCUT2D eigenvalue weighted by atomic mass is 9.99. The summed E-state index contributed by atoms with van der Waals surface area (Å²) in [5, 5.41) is 3.46. The Morgan fingerprint density at radius 3 is 2.53 bits per heavy atom. The summed E-state index contributed by atoms with van der Waals surface area (Å²) in [5.74, 6) is 0.718. The zero-order chi connectivity index (χ0) is 14.0. The van der Waals surface area contributed by atoms with Gasteiger partial charge in [0, 0.05) is 12.6 Å². The molecular formula is C15H29N3O. The van der Waals surface area contributed by atoms with Crippen LogP contribution in [0.25, 0.3) is 0 Å². The number of nitrogens with one attached hydrogen (secondary N) is 1.